The first-order chi connectivity index (χ1) is 7.72. The third-order valence-corrected chi connectivity index (χ3v) is 2.65. The number of hydrogen-bond donors (Lipinski definition) is 1. The first kappa shape index (κ1) is 12.6. The lowest BCUT2D eigenvalue weighted by molar-refractivity contribution is -0.134. The number of nitrogens with zero attached hydrogens (tertiary/aromatic N) is 1. The summed E-state index contributed by atoms with van der Waals surface area (Å²) < 4.78 is 5.00. The van der Waals surface area contributed by atoms with Crippen LogP contribution in [0.1, 0.15) is 6.42 Å². The lowest BCUT2D eigenvalue weighted by atomic mass is 10.1. The Balaban J connectivity index is 2.53. The van der Waals surface area contributed by atoms with Crippen molar-refractivity contribution in [1.29, 1.82) is 0 Å². The molecule has 0 aromatic heterocycles. The summed E-state index contributed by atoms with van der Waals surface area (Å²) in [6.45, 7) is 0.986. The van der Waals surface area contributed by atoms with Crippen LogP contribution in [0.15, 0.2) is 0 Å². The van der Waals surface area contributed by atoms with Crippen LogP contribution in [0.2, 0.25) is 0 Å². The van der Waals surface area contributed by atoms with Crippen molar-refractivity contribution in [2.45, 2.75) is 12.5 Å². The minimum atomic E-state index is -0.388. The van der Waals surface area contributed by atoms with Crippen LogP contribution in [0.3, 0.4) is 0 Å². The predicted octanol–water partition coefficient (Wildman–Crippen LogP) is -1.21. The van der Waals surface area contributed by atoms with Gasteiger partial charge >= 0.3 is 0 Å². The molecule has 2 amide bonds. The van der Waals surface area contributed by atoms with Gasteiger partial charge in [0.05, 0.1) is 19.2 Å². The van der Waals surface area contributed by atoms with E-state index in [0.29, 0.717) is 26.0 Å². The molecule has 6 nitrogen and oxygen atoms in total. The van der Waals surface area contributed by atoms with Crippen LogP contribution >= 0.6 is 0 Å². The summed E-state index contributed by atoms with van der Waals surface area (Å²) >= 11 is 0. The van der Waals surface area contributed by atoms with E-state index in [1.54, 1.807) is 7.11 Å². The minimum absolute atomic E-state index is 0.0620. The molecule has 1 heterocycles. The van der Waals surface area contributed by atoms with Crippen molar-refractivity contribution in [3.63, 3.8) is 0 Å². The number of nitrogens with one attached hydrogen (secondary N) is 1. The van der Waals surface area contributed by atoms with Crippen molar-refractivity contribution in [1.82, 2.24) is 10.2 Å². The van der Waals surface area contributed by atoms with Gasteiger partial charge in [-0.15, -0.1) is 0 Å². The average Bonchev–Trinajstić information content (AvgIpc) is 2.69. The number of carbonyl (C=O) groups excluding carboxylic acids is 3. The highest BCUT2D eigenvalue weighted by Gasteiger charge is 2.34. The van der Waals surface area contributed by atoms with Crippen LogP contribution in [0.4, 0.5) is 0 Å². The van der Waals surface area contributed by atoms with Gasteiger partial charge < -0.3 is 19.7 Å². The summed E-state index contributed by atoms with van der Waals surface area (Å²) in [5.74, 6) is -0.0387. The van der Waals surface area contributed by atoms with Crippen LogP contribution in [-0.2, 0) is 19.1 Å². The maximum Gasteiger partial charge on any atom is 0.242 e. The molecule has 0 saturated carbocycles. The molecule has 1 aliphatic rings. The van der Waals surface area contributed by atoms with E-state index in [-0.39, 0.29) is 24.4 Å². The fourth-order valence-electron chi connectivity index (χ4n) is 1.96. The Kier molecular flexibility index (Phi) is 4.91. The normalized spacial score (nSPS) is 24.2. The zero-order valence-electron chi connectivity index (χ0n) is 9.22. The van der Waals surface area contributed by atoms with Gasteiger partial charge in [-0.1, -0.05) is 0 Å². The van der Waals surface area contributed by atoms with Crippen LogP contribution in [0.25, 0.3) is 0 Å². The standard InChI is InChI=1S/C10H16N2O4/c1-16-6-8-2-9(5-13)12(4-8)10(15)3-11-7-14/h5,7-9H,2-4,6H2,1H3,(H,11,14). The lowest BCUT2D eigenvalue weighted by Crippen LogP contribution is -2.41. The third kappa shape index (κ3) is 3.03. The molecule has 0 bridgehead atoms. The second kappa shape index (κ2) is 6.22. The van der Waals surface area contributed by atoms with Gasteiger partial charge in [-0.3, -0.25) is 9.59 Å². The zero-order valence-corrected chi connectivity index (χ0v) is 9.22. The van der Waals surface area contributed by atoms with Gasteiger partial charge in [0, 0.05) is 19.6 Å². The SMILES string of the molecule is COCC1CC(C=O)N(C(=O)CNC=O)C1. The van der Waals surface area contributed by atoms with E-state index in [1.807, 2.05) is 0 Å². The summed E-state index contributed by atoms with van der Waals surface area (Å²) in [6, 6.07) is -0.388. The number of ether oxygens (including phenoxy) is 1. The number of carbonyl (C=O) groups is 3. The topological polar surface area (TPSA) is 75.7 Å². The molecule has 0 spiro atoms. The Morgan fingerprint density at radius 3 is 2.88 bits per heavy atom. The van der Waals surface area contributed by atoms with Crippen LogP contribution in [0.5, 0.6) is 0 Å². The van der Waals surface area contributed by atoms with Crippen LogP contribution < -0.4 is 5.32 Å². The molecule has 90 valence electrons. The number of amides is 2. The van der Waals surface area contributed by atoms with E-state index >= 15 is 0 Å². The highest BCUT2D eigenvalue weighted by molar-refractivity contribution is 5.83. The Bertz CT molecular complexity index is 270. The number of rotatable bonds is 6. The van der Waals surface area contributed by atoms with Crippen molar-refractivity contribution in [2.75, 3.05) is 26.8 Å². The largest absolute Gasteiger partial charge is 0.384 e. The quantitative estimate of drug-likeness (QED) is 0.579. The van der Waals surface area contributed by atoms with Crippen molar-refractivity contribution in [3.05, 3.63) is 0 Å². The average molecular weight is 228 g/mol. The fourth-order valence-corrected chi connectivity index (χ4v) is 1.96. The smallest absolute Gasteiger partial charge is 0.242 e. The van der Waals surface area contributed by atoms with Crippen molar-refractivity contribution < 1.29 is 19.1 Å². The molecule has 1 saturated heterocycles. The zero-order chi connectivity index (χ0) is 12.0. The van der Waals surface area contributed by atoms with Crippen molar-refractivity contribution in [2.24, 2.45) is 5.92 Å². The Morgan fingerprint density at radius 2 is 2.31 bits per heavy atom. The third-order valence-electron chi connectivity index (χ3n) is 2.65. The summed E-state index contributed by atoms with van der Waals surface area (Å²) in [7, 11) is 1.59. The molecule has 16 heavy (non-hydrogen) atoms. The second-order valence-corrected chi connectivity index (χ2v) is 3.81. The molecule has 6 heteroatoms. The molecule has 0 aromatic rings. The van der Waals surface area contributed by atoms with E-state index in [1.165, 1.54) is 4.90 Å². The maximum absolute atomic E-state index is 11.6. The van der Waals surface area contributed by atoms with E-state index in [2.05, 4.69) is 5.32 Å². The van der Waals surface area contributed by atoms with Crippen LogP contribution in [-0.4, -0.2) is 56.4 Å². The van der Waals surface area contributed by atoms with Gasteiger partial charge in [0.1, 0.15) is 6.29 Å². The summed E-state index contributed by atoms with van der Waals surface area (Å²) in [6.07, 6.45) is 1.87. The minimum Gasteiger partial charge on any atom is -0.384 e. The van der Waals surface area contributed by atoms with Gasteiger partial charge in [-0.25, -0.2) is 0 Å². The van der Waals surface area contributed by atoms with Crippen molar-refractivity contribution in [3.8, 4) is 0 Å². The lowest BCUT2D eigenvalue weighted by Gasteiger charge is -2.20. The number of aldehydes is 1. The van der Waals surface area contributed by atoms with Gasteiger partial charge in [0.2, 0.25) is 12.3 Å². The van der Waals surface area contributed by atoms with Crippen molar-refractivity contribution >= 4 is 18.6 Å². The number of methoxy groups -OCH3 is 1. The molecule has 0 aliphatic carbocycles. The van der Waals surface area contributed by atoms with Gasteiger partial charge in [0.15, 0.2) is 0 Å². The summed E-state index contributed by atoms with van der Waals surface area (Å²) in [4.78, 5) is 34.0. The molecular weight excluding hydrogens is 212 g/mol. The molecular formula is C10H16N2O4. The monoisotopic (exact) mass is 228 g/mol. The van der Waals surface area contributed by atoms with E-state index in [0.717, 1.165) is 6.29 Å². The Labute approximate surface area is 93.9 Å². The van der Waals surface area contributed by atoms with Gasteiger partial charge in [-0.2, -0.15) is 0 Å². The summed E-state index contributed by atoms with van der Waals surface area (Å²) in [5, 5.41) is 2.30. The summed E-state index contributed by atoms with van der Waals surface area (Å²) in [5.41, 5.74) is 0. The number of likely N-dealkylation sites (tertiary alicyclic amines) is 1. The highest BCUT2D eigenvalue weighted by atomic mass is 16.5. The van der Waals surface area contributed by atoms with Gasteiger partial charge in [0.25, 0.3) is 0 Å². The first-order valence-electron chi connectivity index (χ1n) is 5.13. The molecule has 1 aliphatic heterocycles. The Morgan fingerprint density at radius 1 is 1.56 bits per heavy atom. The second-order valence-electron chi connectivity index (χ2n) is 3.81. The number of hydrogen-bond acceptors (Lipinski definition) is 4. The predicted molar refractivity (Wildman–Crippen MR) is 55.6 cm³/mol. The molecule has 2 atom stereocenters. The highest BCUT2D eigenvalue weighted by Crippen LogP contribution is 2.22. The fraction of sp³-hybridized carbons (Fsp3) is 0.700. The van der Waals surface area contributed by atoms with Gasteiger partial charge in [-0.05, 0) is 6.42 Å². The van der Waals surface area contributed by atoms with E-state index in [4.69, 9.17) is 4.74 Å². The van der Waals surface area contributed by atoms with E-state index < -0.39 is 0 Å². The molecule has 1 rings (SSSR count). The van der Waals surface area contributed by atoms with Crippen LogP contribution in [0, 0.1) is 5.92 Å². The molecule has 1 N–H and O–H groups in total. The molecule has 1 fully saturated rings. The van der Waals surface area contributed by atoms with E-state index in [9.17, 15) is 14.4 Å². The molecule has 0 radical (unpaired) electrons. The maximum atomic E-state index is 11.6. The Hall–Kier alpha value is -1.43. The first-order valence-corrected chi connectivity index (χ1v) is 5.13. The molecule has 0 aromatic carbocycles. The molecule has 2 unspecified atom stereocenters.